The Kier molecular flexibility index (Phi) is 5.01. The summed E-state index contributed by atoms with van der Waals surface area (Å²) in [6, 6.07) is 17.9. The van der Waals surface area contributed by atoms with Gasteiger partial charge in [0.15, 0.2) is 0 Å². The van der Waals surface area contributed by atoms with E-state index in [1.165, 1.54) is 4.90 Å². The number of hydrogen-bond acceptors (Lipinski definition) is 4. The van der Waals surface area contributed by atoms with Crippen LogP contribution >= 0.6 is 0 Å². The molecule has 3 aromatic rings. The van der Waals surface area contributed by atoms with E-state index >= 15 is 0 Å². The lowest BCUT2D eigenvalue weighted by Crippen LogP contribution is -2.49. The third-order valence-corrected chi connectivity index (χ3v) is 7.55. The van der Waals surface area contributed by atoms with Crippen LogP contribution in [0.5, 0.6) is 0 Å². The van der Waals surface area contributed by atoms with Crippen molar-refractivity contribution in [3.63, 3.8) is 0 Å². The molecular formula is C28H25N3O3. The number of hydrogen-bond donors (Lipinski definition) is 1. The molecule has 4 aliphatic rings. The Morgan fingerprint density at radius 3 is 2.32 bits per heavy atom. The van der Waals surface area contributed by atoms with E-state index in [-0.39, 0.29) is 47.8 Å². The average Bonchev–Trinajstić information content (AvgIpc) is 3.16. The van der Waals surface area contributed by atoms with Crippen molar-refractivity contribution in [3.8, 4) is 0 Å². The maximum absolute atomic E-state index is 13.6. The predicted molar refractivity (Wildman–Crippen MR) is 128 cm³/mol. The number of nitrogens with zero attached hydrogens (tertiary/aromatic N) is 2. The van der Waals surface area contributed by atoms with Gasteiger partial charge in [0.05, 0.1) is 17.4 Å². The molecule has 1 saturated carbocycles. The molecule has 1 aliphatic heterocycles. The van der Waals surface area contributed by atoms with Crippen LogP contribution < -0.4 is 5.32 Å². The number of anilines is 1. The van der Waals surface area contributed by atoms with Crippen LogP contribution in [-0.2, 0) is 20.8 Å². The quantitative estimate of drug-likeness (QED) is 0.470. The van der Waals surface area contributed by atoms with Crippen molar-refractivity contribution in [2.45, 2.75) is 25.3 Å². The van der Waals surface area contributed by atoms with Gasteiger partial charge >= 0.3 is 0 Å². The standard InChI is InChI=1S/C28H25N3O3/c32-26(30-21-12-13-22-20(16-21)7-4-14-29-22)23(15-17-5-2-1-3-6-17)31-27(33)24-18-8-9-19(11-10-18)25(24)28(31)34/h1-9,12-14,16,18-19,23-25H,10-11,15H2,(H,30,32)/t18-,19-,23-,24-,25-/m0/s1. The summed E-state index contributed by atoms with van der Waals surface area (Å²) in [5, 5.41) is 3.87. The molecule has 2 fully saturated rings. The molecule has 1 saturated heterocycles. The number of carbonyl (C=O) groups is 3. The molecule has 34 heavy (non-hydrogen) atoms. The van der Waals surface area contributed by atoms with Crippen molar-refractivity contribution in [2.24, 2.45) is 23.7 Å². The van der Waals surface area contributed by atoms with Crippen molar-refractivity contribution in [3.05, 3.63) is 84.6 Å². The van der Waals surface area contributed by atoms with Gasteiger partial charge in [-0.15, -0.1) is 0 Å². The third-order valence-electron chi connectivity index (χ3n) is 7.55. The maximum atomic E-state index is 13.6. The number of rotatable bonds is 5. The number of aromatic nitrogens is 1. The minimum atomic E-state index is -0.906. The zero-order valence-corrected chi connectivity index (χ0v) is 18.6. The van der Waals surface area contributed by atoms with Crippen LogP contribution in [0, 0.1) is 23.7 Å². The molecule has 2 heterocycles. The summed E-state index contributed by atoms with van der Waals surface area (Å²) in [6.07, 6.45) is 8.05. The number of nitrogens with one attached hydrogen (secondary N) is 1. The number of allylic oxidation sites excluding steroid dienone is 2. The summed E-state index contributed by atoms with van der Waals surface area (Å²) in [7, 11) is 0. The zero-order chi connectivity index (χ0) is 23.2. The molecule has 5 atom stereocenters. The SMILES string of the molecule is O=C(Nc1ccc2ncccc2c1)[C@H](Cc1ccccc1)N1C(=O)[C@@H]2[C@@H](C1=O)[C@H]1C=C[C@H]2CC1. The first-order valence-corrected chi connectivity index (χ1v) is 11.8. The van der Waals surface area contributed by atoms with E-state index in [1.807, 2.05) is 54.6 Å². The van der Waals surface area contributed by atoms with E-state index in [4.69, 9.17) is 0 Å². The first kappa shape index (κ1) is 20.8. The largest absolute Gasteiger partial charge is 0.324 e. The predicted octanol–water partition coefficient (Wildman–Crippen LogP) is 3.98. The second-order valence-corrected chi connectivity index (χ2v) is 9.49. The monoisotopic (exact) mass is 451 g/mol. The second-order valence-electron chi connectivity index (χ2n) is 9.49. The first-order valence-electron chi connectivity index (χ1n) is 11.8. The van der Waals surface area contributed by atoms with Crippen LogP contribution in [0.25, 0.3) is 10.9 Å². The smallest absolute Gasteiger partial charge is 0.248 e. The van der Waals surface area contributed by atoms with Crippen LogP contribution in [-0.4, -0.2) is 33.6 Å². The van der Waals surface area contributed by atoms with Gasteiger partial charge in [0.2, 0.25) is 17.7 Å². The lowest BCUT2D eigenvalue weighted by atomic mass is 9.63. The van der Waals surface area contributed by atoms with Gasteiger partial charge in [-0.3, -0.25) is 24.3 Å². The zero-order valence-electron chi connectivity index (χ0n) is 18.6. The molecule has 7 rings (SSSR count). The summed E-state index contributed by atoms with van der Waals surface area (Å²) in [4.78, 5) is 46.4. The van der Waals surface area contributed by atoms with Crippen LogP contribution in [0.4, 0.5) is 5.69 Å². The molecule has 1 aromatic heterocycles. The molecule has 0 radical (unpaired) electrons. The number of likely N-dealkylation sites (tertiary alicyclic amines) is 1. The Bertz CT molecular complexity index is 1290. The van der Waals surface area contributed by atoms with Crippen molar-refractivity contribution in [2.75, 3.05) is 5.32 Å². The summed E-state index contributed by atoms with van der Waals surface area (Å²) < 4.78 is 0. The fourth-order valence-electron chi connectivity index (χ4n) is 5.92. The highest BCUT2D eigenvalue weighted by molar-refractivity contribution is 6.10. The van der Waals surface area contributed by atoms with Gasteiger partial charge in [0.25, 0.3) is 0 Å². The molecule has 6 heteroatoms. The fraction of sp³-hybridized carbons (Fsp3) is 0.286. The lowest BCUT2D eigenvalue weighted by Gasteiger charge is -2.38. The number of amides is 3. The Morgan fingerprint density at radius 2 is 1.65 bits per heavy atom. The molecule has 2 bridgehead atoms. The molecule has 2 aromatic carbocycles. The van der Waals surface area contributed by atoms with Crippen molar-refractivity contribution >= 4 is 34.3 Å². The van der Waals surface area contributed by atoms with Crippen LogP contribution in [0.3, 0.4) is 0 Å². The molecule has 3 aliphatic carbocycles. The minimum Gasteiger partial charge on any atom is -0.324 e. The molecule has 6 nitrogen and oxygen atoms in total. The van der Waals surface area contributed by atoms with Gasteiger partial charge in [0.1, 0.15) is 6.04 Å². The van der Waals surface area contributed by atoms with E-state index in [0.717, 1.165) is 29.3 Å². The Balaban J connectivity index is 1.33. The number of carbonyl (C=O) groups excluding carboxylic acids is 3. The summed E-state index contributed by atoms with van der Waals surface area (Å²) in [5.41, 5.74) is 2.35. The van der Waals surface area contributed by atoms with Gasteiger partial charge < -0.3 is 5.32 Å². The molecule has 0 unspecified atom stereocenters. The lowest BCUT2D eigenvalue weighted by molar-refractivity contribution is -0.146. The summed E-state index contributed by atoms with van der Waals surface area (Å²) in [5.74, 6) is -1.26. The molecule has 170 valence electrons. The molecular weight excluding hydrogens is 426 g/mol. The fourth-order valence-corrected chi connectivity index (χ4v) is 5.92. The number of fused-ring (bicyclic) bond motifs is 2. The number of benzene rings is 2. The van der Waals surface area contributed by atoms with E-state index < -0.39 is 6.04 Å². The van der Waals surface area contributed by atoms with Crippen LogP contribution in [0.15, 0.2) is 79.0 Å². The Labute approximate surface area is 197 Å². The highest BCUT2D eigenvalue weighted by Gasteiger charge is 2.58. The van der Waals surface area contributed by atoms with Gasteiger partial charge in [-0.2, -0.15) is 0 Å². The van der Waals surface area contributed by atoms with Gasteiger partial charge in [-0.05, 0) is 54.5 Å². The van der Waals surface area contributed by atoms with Crippen molar-refractivity contribution < 1.29 is 14.4 Å². The number of imide groups is 1. The Hall–Kier alpha value is -3.80. The molecule has 0 spiro atoms. The third kappa shape index (κ3) is 3.41. The van der Waals surface area contributed by atoms with Gasteiger partial charge in [0, 0.05) is 23.7 Å². The molecule has 3 amide bonds. The molecule has 1 N–H and O–H groups in total. The van der Waals surface area contributed by atoms with Crippen molar-refractivity contribution in [1.82, 2.24) is 9.88 Å². The first-order chi connectivity index (χ1) is 16.6. The van der Waals surface area contributed by atoms with Gasteiger partial charge in [-0.1, -0.05) is 48.6 Å². The average molecular weight is 452 g/mol. The van der Waals surface area contributed by atoms with E-state index in [9.17, 15) is 14.4 Å². The topological polar surface area (TPSA) is 79.4 Å². The van der Waals surface area contributed by atoms with Gasteiger partial charge in [-0.25, -0.2) is 0 Å². The van der Waals surface area contributed by atoms with E-state index in [0.29, 0.717) is 5.69 Å². The van der Waals surface area contributed by atoms with Crippen LogP contribution in [0.2, 0.25) is 0 Å². The minimum absolute atomic E-state index is 0.0878. The summed E-state index contributed by atoms with van der Waals surface area (Å²) in [6.45, 7) is 0. The van der Waals surface area contributed by atoms with Crippen LogP contribution in [0.1, 0.15) is 18.4 Å². The normalized spacial score (nSPS) is 26.1. The Morgan fingerprint density at radius 1 is 0.941 bits per heavy atom. The highest BCUT2D eigenvalue weighted by Crippen LogP contribution is 2.50. The summed E-state index contributed by atoms with van der Waals surface area (Å²) >= 11 is 0. The number of pyridine rings is 1. The van der Waals surface area contributed by atoms with Crippen molar-refractivity contribution in [1.29, 1.82) is 0 Å². The second kappa shape index (κ2) is 8.20. The van der Waals surface area contributed by atoms with E-state index in [2.05, 4.69) is 22.5 Å². The highest BCUT2D eigenvalue weighted by atomic mass is 16.2. The van der Waals surface area contributed by atoms with E-state index in [1.54, 1.807) is 12.3 Å². The maximum Gasteiger partial charge on any atom is 0.248 e.